The van der Waals surface area contributed by atoms with Crippen molar-refractivity contribution in [2.45, 2.75) is 11.0 Å². The molecular weight excluding hydrogens is 244 g/mol. The van der Waals surface area contributed by atoms with Crippen LogP contribution in [0.2, 0.25) is 0 Å². The van der Waals surface area contributed by atoms with E-state index in [0.29, 0.717) is 0 Å². The third-order valence-corrected chi connectivity index (χ3v) is 3.44. The third-order valence-electron chi connectivity index (χ3n) is 2.19. The highest BCUT2D eigenvalue weighted by atomic mass is 32.2. The fourth-order valence-corrected chi connectivity index (χ4v) is 2.43. The molecule has 2 fully saturated rings. The molecule has 11 heteroatoms. The average Bonchev–Trinajstić information content (AvgIpc) is 2.41. The zero-order valence-electron chi connectivity index (χ0n) is 7.47. The summed E-state index contributed by atoms with van der Waals surface area (Å²) in [5.41, 5.74) is 0. The Kier molecular flexibility index (Phi) is 1.88. The Morgan fingerprint density at radius 3 is 2.25 bits per heavy atom. The molecule has 2 unspecified atom stereocenters. The van der Waals surface area contributed by atoms with Gasteiger partial charge in [0.05, 0.1) is 0 Å². The van der Waals surface area contributed by atoms with Crippen LogP contribution in [0.4, 0.5) is 9.59 Å². The van der Waals surface area contributed by atoms with Gasteiger partial charge in [0.2, 0.25) is 0 Å². The molecule has 2 rings (SSSR count). The lowest BCUT2D eigenvalue weighted by molar-refractivity contribution is -0.123. The lowest BCUT2D eigenvalue weighted by atomic mass is 10.2. The molecule has 2 aliphatic heterocycles. The van der Waals surface area contributed by atoms with Crippen LogP contribution in [0, 0.1) is 0 Å². The van der Waals surface area contributed by atoms with E-state index in [9.17, 15) is 22.8 Å². The molecule has 0 aromatic carbocycles. The molecule has 5 N–H and O–H groups in total. The van der Waals surface area contributed by atoms with E-state index in [-0.39, 0.29) is 0 Å². The number of amides is 5. The van der Waals surface area contributed by atoms with Gasteiger partial charge in [-0.3, -0.25) is 25.3 Å². The van der Waals surface area contributed by atoms with Crippen LogP contribution in [0.3, 0.4) is 0 Å². The first-order chi connectivity index (χ1) is 7.26. The van der Waals surface area contributed by atoms with Crippen molar-refractivity contribution in [3.8, 4) is 0 Å². The lowest BCUT2D eigenvalue weighted by Gasteiger charge is -2.33. The average molecular weight is 250 g/mol. The minimum absolute atomic E-state index is 1.00. The molecule has 16 heavy (non-hydrogen) atoms. The summed E-state index contributed by atoms with van der Waals surface area (Å²) in [6.45, 7) is 0. The summed E-state index contributed by atoms with van der Waals surface area (Å²) < 4.78 is 31.2. The second-order valence-electron chi connectivity index (χ2n) is 3.19. The Morgan fingerprint density at radius 2 is 1.69 bits per heavy atom. The molecule has 2 aliphatic rings. The van der Waals surface area contributed by atoms with Gasteiger partial charge in [-0.25, -0.2) is 9.59 Å². The fourth-order valence-electron chi connectivity index (χ4n) is 1.53. The van der Waals surface area contributed by atoms with Gasteiger partial charge in [-0.05, 0) is 0 Å². The first-order valence-corrected chi connectivity index (χ1v) is 5.39. The maximum absolute atomic E-state index is 11.3. The number of hydrogen-bond acceptors (Lipinski definition) is 5. The Morgan fingerprint density at radius 1 is 1.12 bits per heavy atom. The van der Waals surface area contributed by atoms with Gasteiger partial charge < -0.3 is 5.32 Å². The summed E-state index contributed by atoms with van der Waals surface area (Å²) in [7, 11) is -4.91. The summed E-state index contributed by atoms with van der Waals surface area (Å²) in [4.78, 5) is 30.7. The predicted molar refractivity (Wildman–Crippen MR) is 46.4 cm³/mol. The van der Waals surface area contributed by atoms with Crippen LogP contribution >= 0.6 is 0 Å². The number of hydrogen-bond donors (Lipinski definition) is 5. The smallest absolute Gasteiger partial charge is 0.321 e. The summed E-state index contributed by atoms with van der Waals surface area (Å²) in [5, 5.41) is 7.28. The van der Waals surface area contributed by atoms with Crippen LogP contribution in [0.1, 0.15) is 0 Å². The second kappa shape index (κ2) is 2.82. The van der Waals surface area contributed by atoms with E-state index in [1.54, 1.807) is 16.0 Å². The van der Waals surface area contributed by atoms with E-state index < -0.39 is 39.1 Å². The zero-order chi connectivity index (χ0) is 12.1. The number of urea groups is 2. The van der Waals surface area contributed by atoms with E-state index in [4.69, 9.17) is 4.55 Å². The second-order valence-corrected chi connectivity index (χ2v) is 4.78. The number of fused-ring (bicyclic) bond motifs is 1. The minimum Gasteiger partial charge on any atom is -0.321 e. The molecule has 0 spiro atoms. The fraction of sp³-hybridized carbons (Fsp3) is 0.400. The Hall–Kier alpha value is -1.88. The van der Waals surface area contributed by atoms with Gasteiger partial charge in [-0.1, -0.05) is 0 Å². The molecule has 0 aromatic rings. The van der Waals surface area contributed by atoms with E-state index in [1.165, 1.54) is 0 Å². The molecule has 88 valence electrons. The van der Waals surface area contributed by atoms with Crippen LogP contribution in [-0.2, 0) is 14.9 Å². The molecular formula is C5H6N4O6S. The third kappa shape index (κ3) is 1.22. The normalized spacial score (nSPS) is 33.3. The van der Waals surface area contributed by atoms with Gasteiger partial charge in [-0.15, -0.1) is 0 Å². The van der Waals surface area contributed by atoms with Crippen molar-refractivity contribution in [3.05, 3.63) is 0 Å². The molecule has 2 heterocycles. The molecule has 0 radical (unpaired) electrons. The van der Waals surface area contributed by atoms with Crippen molar-refractivity contribution in [2.24, 2.45) is 0 Å². The first kappa shape index (κ1) is 10.6. The highest BCUT2D eigenvalue weighted by Crippen LogP contribution is 2.22. The van der Waals surface area contributed by atoms with Crippen LogP contribution < -0.4 is 21.3 Å². The maximum atomic E-state index is 11.3. The minimum atomic E-state index is -4.91. The molecule has 0 aliphatic carbocycles. The number of rotatable bonds is 1. The van der Waals surface area contributed by atoms with Crippen LogP contribution in [-0.4, -0.2) is 42.0 Å². The van der Waals surface area contributed by atoms with Gasteiger partial charge in [0, 0.05) is 0 Å². The highest BCUT2D eigenvalue weighted by molar-refractivity contribution is 7.87. The van der Waals surface area contributed by atoms with Crippen LogP contribution in [0.5, 0.6) is 0 Å². The van der Waals surface area contributed by atoms with Crippen LogP contribution in [0.25, 0.3) is 0 Å². The molecule has 10 nitrogen and oxygen atoms in total. The predicted octanol–water partition coefficient (Wildman–Crippen LogP) is -2.95. The highest BCUT2D eigenvalue weighted by Gasteiger charge is 2.63. The Labute approximate surface area is 88.5 Å². The van der Waals surface area contributed by atoms with Crippen LogP contribution in [0.15, 0.2) is 0 Å². The van der Waals surface area contributed by atoms with Gasteiger partial charge in [0.1, 0.15) is 0 Å². The summed E-state index contributed by atoms with van der Waals surface area (Å²) >= 11 is 0. The lowest BCUT2D eigenvalue weighted by Crippen LogP contribution is -2.76. The van der Waals surface area contributed by atoms with E-state index >= 15 is 0 Å². The molecule has 0 saturated carbocycles. The molecule has 0 aromatic heterocycles. The largest absolute Gasteiger partial charge is 0.324 e. The topological polar surface area (TPSA) is 154 Å². The molecule has 5 amide bonds. The van der Waals surface area contributed by atoms with Crippen molar-refractivity contribution in [1.29, 1.82) is 0 Å². The Balaban J connectivity index is 2.57. The van der Waals surface area contributed by atoms with Gasteiger partial charge in [0.25, 0.3) is 10.9 Å². The summed E-state index contributed by atoms with van der Waals surface area (Å²) in [5.74, 6) is -1.04. The van der Waals surface area contributed by atoms with Crippen molar-refractivity contribution < 1.29 is 27.4 Å². The number of carbonyl (C=O) groups is 3. The van der Waals surface area contributed by atoms with E-state index in [2.05, 4.69) is 0 Å². The summed E-state index contributed by atoms with van der Waals surface area (Å²) in [6.07, 6.45) is 0. The number of imide groups is 1. The first-order valence-electron chi connectivity index (χ1n) is 3.95. The summed E-state index contributed by atoms with van der Waals surface area (Å²) in [6, 6.07) is -3.77. The van der Waals surface area contributed by atoms with E-state index in [1.807, 2.05) is 5.32 Å². The maximum Gasteiger partial charge on any atom is 0.324 e. The van der Waals surface area contributed by atoms with Crippen molar-refractivity contribution >= 4 is 28.1 Å². The zero-order valence-corrected chi connectivity index (χ0v) is 8.29. The number of nitrogens with one attached hydrogen (secondary N) is 4. The standard InChI is InChI=1S/C5H6N4O6S/c10-2-1-5(16(13,14)15,8-3(11)6-1)9-4(12)7-2/h1H,(H2,6,8,11)(H,13,14,15)(H2,7,9,10,12). The quantitative estimate of drug-likeness (QED) is 0.313. The molecule has 0 bridgehead atoms. The van der Waals surface area contributed by atoms with Gasteiger partial charge in [0.15, 0.2) is 6.04 Å². The van der Waals surface area contributed by atoms with Crippen molar-refractivity contribution in [3.63, 3.8) is 0 Å². The SMILES string of the molecule is O=C1NC(=O)C2NC(=O)NC2(S(=O)(=O)O)N1. The van der Waals surface area contributed by atoms with Crippen molar-refractivity contribution in [2.75, 3.05) is 0 Å². The Bertz CT molecular complexity index is 499. The molecule has 2 saturated heterocycles. The van der Waals surface area contributed by atoms with Gasteiger partial charge in [-0.2, -0.15) is 8.42 Å². The number of carbonyl (C=O) groups excluding carboxylic acids is 3. The monoisotopic (exact) mass is 250 g/mol. The van der Waals surface area contributed by atoms with E-state index in [0.717, 1.165) is 0 Å². The molecule has 2 atom stereocenters. The van der Waals surface area contributed by atoms with Crippen molar-refractivity contribution in [1.82, 2.24) is 21.3 Å². The van der Waals surface area contributed by atoms with Gasteiger partial charge >= 0.3 is 22.2 Å².